The lowest BCUT2D eigenvalue weighted by Crippen LogP contribution is -2.57. The van der Waals surface area contributed by atoms with Crippen LogP contribution in [0.2, 0.25) is 0 Å². The van der Waals surface area contributed by atoms with Crippen LogP contribution in [0.3, 0.4) is 0 Å². The molecule has 1 heterocycles. The van der Waals surface area contributed by atoms with E-state index in [2.05, 4.69) is 5.32 Å². The number of imide groups is 1. The molecule has 0 aromatic heterocycles. The molecule has 2 amide bonds. The molecule has 6 heteroatoms. The van der Waals surface area contributed by atoms with Gasteiger partial charge >= 0.3 is 0 Å². The number of amides is 2. The second kappa shape index (κ2) is 5.27. The Bertz CT molecular complexity index is 516. The van der Waals surface area contributed by atoms with E-state index in [1.165, 1.54) is 0 Å². The minimum Gasteiger partial charge on any atom is -0.497 e. The number of hydrogen-bond donors (Lipinski definition) is 2. The van der Waals surface area contributed by atoms with Crippen LogP contribution in [0, 0.1) is 0 Å². The number of carbonyl (C=O) groups excluding carboxylic acids is 2. The molecule has 0 saturated carbocycles. The quantitative estimate of drug-likeness (QED) is 0.750. The van der Waals surface area contributed by atoms with E-state index in [1.807, 2.05) is 12.1 Å². The number of nitrogens with one attached hydrogen (secondary N) is 1. The van der Waals surface area contributed by atoms with Crippen molar-refractivity contribution in [3.63, 3.8) is 0 Å². The fraction of sp³-hybridized carbons (Fsp3) is 0.385. The van der Waals surface area contributed by atoms with Gasteiger partial charge in [0.1, 0.15) is 11.8 Å². The van der Waals surface area contributed by atoms with Crippen molar-refractivity contribution in [2.24, 2.45) is 5.73 Å². The molecule has 1 fully saturated rings. The number of nitrogens with two attached hydrogens (primary N) is 1. The first kappa shape index (κ1) is 13.4. The molecule has 1 aliphatic heterocycles. The molecule has 0 spiro atoms. The van der Waals surface area contributed by atoms with Crippen molar-refractivity contribution >= 4 is 17.5 Å². The van der Waals surface area contributed by atoms with Crippen molar-refractivity contribution in [3.8, 4) is 5.75 Å². The van der Waals surface area contributed by atoms with E-state index >= 15 is 0 Å². The van der Waals surface area contributed by atoms with Gasteiger partial charge in [-0.1, -0.05) is 6.07 Å². The third-order valence-electron chi connectivity index (χ3n) is 3.25. The molecule has 0 bridgehead atoms. The Balaban J connectivity index is 2.43. The third-order valence-corrected chi connectivity index (χ3v) is 3.25. The van der Waals surface area contributed by atoms with E-state index in [0.29, 0.717) is 12.3 Å². The minimum atomic E-state index is -0.421. The normalized spacial score (nSPS) is 19.3. The Labute approximate surface area is 111 Å². The maximum absolute atomic E-state index is 11.7. The van der Waals surface area contributed by atoms with Gasteiger partial charge in [0.15, 0.2) is 0 Å². The van der Waals surface area contributed by atoms with Gasteiger partial charge in [0.2, 0.25) is 11.8 Å². The summed E-state index contributed by atoms with van der Waals surface area (Å²) in [6, 6.07) is 5.03. The van der Waals surface area contributed by atoms with Gasteiger partial charge in [-0.25, -0.2) is 0 Å². The molecule has 6 nitrogen and oxygen atoms in total. The lowest BCUT2D eigenvalue weighted by Gasteiger charge is -2.34. The highest BCUT2D eigenvalue weighted by Crippen LogP contribution is 2.28. The number of ether oxygens (including phenoxy) is 1. The standard InChI is InChI=1S/C13H17N3O3/c1-8-13(18)15-12(17)7-16(8)11-5-10(19-2)4-3-9(11)6-14/h3-5,8H,6-7,14H2,1-2H3,(H,15,17,18). The SMILES string of the molecule is COc1ccc(CN)c(N2CC(=O)NC(=O)C2C)c1. The van der Waals surface area contributed by atoms with Crippen LogP contribution in [0.25, 0.3) is 0 Å². The maximum atomic E-state index is 11.7. The topological polar surface area (TPSA) is 84.7 Å². The Hall–Kier alpha value is -2.08. The highest BCUT2D eigenvalue weighted by atomic mass is 16.5. The fourth-order valence-corrected chi connectivity index (χ4v) is 2.12. The Kier molecular flexibility index (Phi) is 3.71. The molecule has 1 aromatic rings. The molecule has 3 N–H and O–H groups in total. The summed E-state index contributed by atoms with van der Waals surface area (Å²) in [5.41, 5.74) is 7.34. The summed E-state index contributed by atoms with van der Waals surface area (Å²) in [6.45, 7) is 2.22. The smallest absolute Gasteiger partial charge is 0.249 e. The second-order valence-corrected chi connectivity index (χ2v) is 4.42. The number of nitrogens with zero attached hydrogens (tertiary/aromatic N) is 1. The monoisotopic (exact) mass is 263 g/mol. The number of rotatable bonds is 3. The van der Waals surface area contributed by atoms with Gasteiger partial charge in [-0.3, -0.25) is 14.9 Å². The van der Waals surface area contributed by atoms with E-state index in [9.17, 15) is 9.59 Å². The summed E-state index contributed by atoms with van der Waals surface area (Å²) >= 11 is 0. The summed E-state index contributed by atoms with van der Waals surface area (Å²) in [7, 11) is 1.57. The molecule has 1 saturated heterocycles. The molecule has 1 aromatic carbocycles. The largest absolute Gasteiger partial charge is 0.497 e. The van der Waals surface area contributed by atoms with Crippen molar-refractivity contribution in [2.45, 2.75) is 19.5 Å². The summed E-state index contributed by atoms with van der Waals surface area (Å²) < 4.78 is 5.18. The summed E-state index contributed by atoms with van der Waals surface area (Å²) in [4.78, 5) is 25.0. The predicted molar refractivity (Wildman–Crippen MR) is 70.8 cm³/mol. The highest BCUT2D eigenvalue weighted by Gasteiger charge is 2.31. The molecule has 0 aliphatic carbocycles. The number of methoxy groups -OCH3 is 1. The second-order valence-electron chi connectivity index (χ2n) is 4.42. The van der Waals surface area contributed by atoms with Crippen molar-refractivity contribution in [1.82, 2.24) is 5.32 Å². The average molecular weight is 263 g/mol. The first-order valence-electron chi connectivity index (χ1n) is 6.04. The maximum Gasteiger partial charge on any atom is 0.249 e. The summed E-state index contributed by atoms with van der Waals surface area (Å²) in [6.07, 6.45) is 0. The van der Waals surface area contributed by atoms with Gasteiger partial charge in [0.25, 0.3) is 0 Å². The van der Waals surface area contributed by atoms with Gasteiger partial charge < -0.3 is 15.4 Å². The van der Waals surface area contributed by atoms with Gasteiger partial charge in [0.05, 0.1) is 13.7 Å². The zero-order valence-electron chi connectivity index (χ0n) is 11.0. The van der Waals surface area contributed by atoms with Crippen LogP contribution in [-0.2, 0) is 16.1 Å². The number of carbonyl (C=O) groups is 2. The van der Waals surface area contributed by atoms with Gasteiger partial charge in [-0.05, 0) is 18.6 Å². The van der Waals surface area contributed by atoms with E-state index in [0.717, 1.165) is 11.3 Å². The van der Waals surface area contributed by atoms with Crippen LogP contribution < -0.4 is 20.7 Å². The van der Waals surface area contributed by atoms with E-state index in [-0.39, 0.29) is 18.4 Å². The molecule has 1 unspecified atom stereocenters. The van der Waals surface area contributed by atoms with E-state index in [1.54, 1.807) is 25.0 Å². The van der Waals surface area contributed by atoms with Crippen molar-refractivity contribution in [2.75, 3.05) is 18.6 Å². The molecule has 0 radical (unpaired) electrons. The lowest BCUT2D eigenvalue weighted by atomic mass is 10.1. The molecule has 2 rings (SSSR count). The third kappa shape index (κ3) is 2.53. The van der Waals surface area contributed by atoms with Crippen LogP contribution in [0.4, 0.5) is 5.69 Å². The van der Waals surface area contributed by atoms with Crippen molar-refractivity contribution in [3.05, 3.63) is 23.8 Å². The van der Waals surface area contributed by atoms with Gasteiger partial charge in [-0.2, -0.15) is 0 Å². The number of anilines is 1. The zero-order valence-corrected chi connectivity index (χ0v) is 11.0. The minimum absolute atomic E-state index is 0.132. The molecule has 1 aliphatic rings. The first-order valence-corrected chi connectivity index (χ1v) is 6.04. The van der Waals surface area contributed by atoms with Crippen LogP contribution in [0.15, 0.2) is 18.2 Å². The zero-order chi connectivity index (χ0) is 14.0. The summed E-state index contributed by atoms with van der Waals surface area (Å²) in [5, 5.41) is 2.31. The predicted octanol–water partition coefficient (Wildman–Crippen LogP) is 0.00520. The first-order chi connectivity index (χ1) is 9.06. The summed E-state index contributed by atoms with van der Waals surface area (Å²) in [5.74, 6) is 0.0498. The molecular weight excluding hydrogens is 246 g/mol. The number of hydrogen-bond acceptors (Lipinski definition) is 5. The lowest BCUT2D eigenvalue weighted by molar-refractivity contribution is -0.132. The highest BCUT2D eigenvalue weighted by molar-refractivity contribution is 6.04. The average Bonchev–Trinajstić information content (AvgIpc) is 2.42. The number of piperazine rings is 1. The molecule has 1 atom stereocenters. The van der Waals surface area contributed by atoms with Crippen molar-refractivity contribution in [1.29, 1.82) is 0 Å². The van der Waals surface area contributed by atoms with Crippen LogP contribution in [-0.4, -0.2) is 31.5 Å². The van der Waals surface area contributed by atoms with Gasteiger partial charge in [-0.15, -0.1) is 0 Å². The molecular formula is C13H17N3O3. The number of benzene rings is 1. The Morgan fingerprint density at radius 1 is 1.47 bits per heavy atom. The Morgan fingerprint density at radius 3 is 2.84 bits per heavy atom. The molecule has 19 heavy (non-hydrogen) atoms. The van der Waals surface area contributed by atoms with Crippen LogP contribution in [0.1, 0.15) is 12.5 Å². The van der Waals surface area contributed by atoms with Crippen LogP contribution >= 0.6 is 0 Å². The van der Waals surface area contributed by atoms with Crippen molar-refractivity contribution < 1.29 is 14.3 Å². The fourth-order valence-electron chi connectivity index (χ4n) is 2.12. The Morgan fingerprint density at radius 2 is 2.21 bits per heavy atom. The molecule has 102 valence electrons. The van der Waals surface area contributed by atoms with E-state index in [4.69, 9.17) is 10.5 Å². The van der Waals surface area contributed by atoms with Crippen LogP contribution in [0.5, 0.6) is 5.75 Å². The van der Waals surface area contributed by atoms with Gasteiger partial charge in [0, 0.05) is 18.3 Å². The van der Waals surface area contributed by atoms with E-state index < -0.39 is 6.04 Å².